The molecule has 1 aromatic carbocycles. The zero-order chi connectivity index (χ0) is 23.8. The first-order chi connectivity index (χ1) is 15.6. The molecular weight excluding hydrogens is 406 g/mol. The van der Waals surface area contributed by atoms with E-state index in [1.54, 1.807) is 0 Å². The highest BCUT2D eigenvalue weighted by Crippen LogP contribution is 2.46. The lowest BCUT2D eigenvalue weighted by Gasteiger charge is -2.42. The van der Waals surface area contributed by atoms with Crippen molar-refractivity contribution < 1.29 is 9.21 Å². The second-order valence-corrected chi connectivity index (χ2v) is 12.0. The Kier molecular flexibility index (Phi) is 6.80. The molecule has 0 bridgehead atoms. The van der Waals surface area contributed by atoms with Crippen LogP contribution in [0.15, 0.2) is 28.7 Å². The molecule has 1 aromatic heterocycles. The fraction of sp³-hybridized carbons (Fsp3) is 0.633. The van der Waals surface area contributed by atoms with Gasteiger partial charge in [0.2, 0.25) is 0 Å². The van der Waals surface area contributed by atoms with Gasteiger partial charge in [0.15, 0.2) is 5.76 Å². The molecule has 2 aliphatic carbocycles. The number of hydrogen-bond acceptors (Lipinski definition) is 2. The SMILES string of the molecule is CCC1CCC(CNC(=O)c2ccc(Cc3cc4c(cc3C)C(C)(C)CCC4(C)C)o2)CC1. The van der Waals surface area contributed by atoms with Crippen molar-refractivity contribution in [3.8, 4) is 0 Å². The minimum atomic E-state index is -0.0797. The molecule has 1 fully saturated rings. The summed E-state index contributed by atoms with van der Waals surface area (Å²) in [5.41, 5.74) is 5.99. The molecule has 180 valence electrons. The topological polar surface area (TPSA) is 42.2 Å². The molecule has 4 rings (SSSR count). The lowest BCUT2D eigenvalue weighted by molar-refractivity contribution is 0.0912. The lowest BCUT2D eigenvalue weighted by Crippen LogP contribution is -2.34. The molecule has 1 N–H and O–H groups in total. The maximum Gasteiger partial charge on any atom is 0.287 e. The Hall–Kier alpha value is -2.03. The van der Waals surface area contributed by atoms with E-state index in [4.69, 9.17) is 4.42 Å². The van der Waals surface area contributed by atoms with Crippen LogP contribution in [0, 0.1) is 18.8 Å². The Bertz CT molecular complexity index is 989. The van der Waals surface area contributed by atoms with Crippen molar-refractivity contribution in [3.05, 3.63) is 58.0 Å². The first-order valence-electron chi connectivity index (χ1n) is 13.1. The van der Waals surface area contributed by atoms with E-state index in [1.807, 2.05) is 12.1 Å². The molecule has 0 saturated heterocycles. The van der Waals surface area contributed by atoms with Crippen LogP contribution in [0.3, 0.4) is 0 Å². The van der Waals surface area contributed by atoms with Crippen LogP contribution in [0.25, 0.3) is 0 Å². The minimum Gasteiger partial charge on any atom is -0.456 e. The Morgan fingerprint density at radius 3 is 2.21 bits per heavy atom. The Morgan fingerprint density at radius 2 is 1.58 bits per heavy atom. The maximum atomic E-state index is 12.7. The van der Waals surface area contributed by atoms with Crippen LogP contribution >= 0.6 is 0 Å². The van der Waals surface area contributed by atoms with E-state index in [9.17, 15) is 4.79 Å². The summed E-state index contributed by atoms with van der Waals surface area (Å²) >= 11 is 0. The van der Waals surface area contributed by atoms with Crippen LogP contribution in [0.1, 0.15) is 118 Å². The Morgan fingerprint density at radius 1 is 0.970 bits per heavy atom. The normalized spacial score (nSPS) is 23.7. The van der Waals surface area contributed by atoms with Crippen molar-refractivity contribution in [1.29, 1.82) is 0 Å². The smallest absolute Gasteiger partial charge is 0.287 e. The van der Waals surface area contributed by atoms with Crippen molar-refractivity contribution in [3.63, 3.8) is 0 Å². The van der Waals surface area contributed by atoms with Crippen molar-refractivity contribution in [2.45, 2.75) is 104 Å². The second kappa shape index (κ2) is 9.31. The van der Waals surface area contributed by atoms with Crippen LogP contribution in [-0.4, -0.2) is 12.5 Å². The number of amides is 1. The maximum absolute atomic E-state index is 12.7. The highest BCUT2D eigenvalue weighted by atomic mass is 16.3. The molecular formula is C30H43NO2. The second-order valence-electron chi connectivity index (χ2n) is 12.0. The van der Waals surface area contributed by atoms with Crippen molar-refractivity contribution in [2.24, 2.45) is 11.8 Å². The zero-order valence-electron chi connectivity index (χ0n) is 21.6. The zero-order valence-corrected chi connectivity index (χ0v) is 21.6. The van der Waals surface area contributed by atoms with Gasteiger partial charge < -0.3 is 9.73 Å². The summed E-state index contributed by atoms with van der Waals surface area (Å²) in [6.45, 7) is 14.7. The molecule has 3 nitrogen and oxygen atoms in total. The largest absolute Gasteiger partial charge is 0.456 e. The van der Waals surface area contributed by atoms with Crippen LogP contribution in [0.4, 0.5) is 0 Å². The summed E-state index contributed by atoms with van der Waals surface area (Å²) in [5.74, 6) is 2.71. The summed E-state index contributed by atoms with van der Waals surface area (Å²) in [6, 6.07) is 8.60. The third-order valence-electron chi connectivity index (χ3n) is 8.65. The summed E-state index contributed by atoms with van der Waals surface area (Å²) in [4.78, 5) is 12.7. The number of rotatable bonds is 6. The highest BCUT2D eigenvalue weighted by Gasteiger charge is 2.37. The standard InChI is InChI=1S/C30H43NO2/c1-7-21-8-10-22(11-9-21)19-31-28(32)27-13-12-24(33-27)17-23-18-26-25(16-20(23)2)29(3,4)14-15-30(26,5)6/h12-13,16,18,21-22H,7-11,14-15,17,19H2,1-6H3,(H,31,32). The molecule has 3 heteroatoms. The van der Waals surface area contributed by atoms with Gasteiger partial charge in [-0.3, -0.25) is 4.79 Å². The molecule has 33 heavy (non-hydrogen) atoms. The number of nitrogens with one attached hydrogen (secondary N) is 1. The number of carbonyl (C=O) groups is 1. The van der Waals surface area contributed by atoms with Gasteiger partial charge in [-0.2, -0.15) is 0 Å². The number of aryl methyl sites for hydroxylation is 1. The first kappa shape index (κ1) is 24.1. The lowest BCUT2D eigenvalue weighted by atomic mass is 9.62. The van der Waals surface area contributed by atoms with Crippen LogP contribution in [-0.2, 0) is 17.3 Å². The molecule has 0 atom stereocenters. The summed E-state index contributed by atoms with van der Waals surface area (Å²) in [6.07, 6.45) is 9.51. The number of benzene rings is 1. The van der Waals surface area contributed by atoms with Gasteiger partial charge in [0, 0.05) is 13.0 Å². The molecule has 2 aliphatic rings. The molecule has 1 heterocycles. The van der Waals surface area contributed by atoms with E-state index >= 15 is 0 Å². The van der Waals surface area contributed by atoms with Crippen LogP contribution in [0.5, 0.6) is 0 Å². The van der Waals surface area contributed by atoms with E-state index in [0.29, 0.717) is 11.7 Å². The van der Waals surface area contributed by atoms with Gasteiger partial charge in [0.25, 0.3) is 5.91 Å². The molecule has 1 saturated carbocycles. The molecule has 1 amide bonds. The molecule has 0 radical (unpaired) electrons. The van der Waals surface area contributed by atoms with E-state index in [2.05, 4.69) is 59.0 Å². The summed E-state index contributed by atoms with van der Waals surface area (Å²) in [5, 5.41) is 3.12. The first-order valence-corrected chi connectivity index (χ1v) is 13.1. The van der Waals surface area contributed by atoms with E-state index in [-0.39, 0.29) is 16.7 Å². The molecule has 0 unspecified atom stereocenters. The monoisotopic (exact) mass is 449 g/mol. The van der Waals surface area contributed by atoms with Crippen molar-refractivity contribution >= 4 is 5.91 Å². The van der Waals surface area contributed by atoms with Gasteiger partial charge in [-0.25, -0.2) is 0 Å². The summed E-state index contributed by atoms with van der Waals surface area (Å²) in [7, 11) is 0. The van der Waals surface area contributed by atoms with E-state index in [0.717, 1.165) is 24.6 Å². The van der Waals surface area contributed by atoms with Crippen molar-refractivity contribution in [1.82, 2.24) is 5.32 Å². The minimum absolute atomic E-state index is 0.0797. The quantitative estimate of drug-likeness (QED) is 0.497. The van der Waals surface area contributed by atoms with Gasteiger partial charge in [-0.15, -0.1) is 0 Å². The van der Waals surface area contributed by atoms with Crippen LogP contribution < -0.4 is 5.32 Å². The van der Waals surface area contributed by atoms with Gasteiger partial charge >= 0.3 is 0 Å². The number of hydrogen-bond donors (Lipinski definition) is 1. The number of fused-ring (bicyclic) bond motifs is 1. The fourth-order valence-electron chi connectivity index (χ4n) is 5.91. The predicted molar refractivity (Wildman–Crippen MR) is 136 cm³/mol. The van der Waals surface area contributed by atoms with E-state index < -0.39 is 0 Å². The Balaban J connectivity index is 1.42. The van der Waals surface area contributed by atoms with E-state index in [1.165, 1.54) is 67.2 Å². The Labute approximate surface area is 200 Å². The number of carbonyl (C=O) groups excluding carboxylic acids is 1. The third-order valence-corrected chi connectivity index (χ3v) is 8.65. The average molecular weight is 450 g/mol. The predicted octanol–water partition coefficient (Wildman–Crippen LogP) is 7.47. The van der Waals surface area contributed by atoms with Gasteiger partial charge in [-0.05, 0) is 89.7 Å². The third kappa shape index (κ3) is 5.23. The fourth-order valence-corrected chi connectivity index (χ4v) is 5.91. The number of furan rings is 1. The van der Waals surface area contributed by atoms with Gasteiger partial charge in [-0.1, -0.05) is 66.0 Å². The highest BCUT2D eigenvalue weighted by molar-refractivity contribution is 5.91. The molecule has 2 aromatic rings. The van der Waals surface area contributed by atoms with Gasteiger partial charge in [0.05, 0.1) is 0 Å². The van der Waals surface area contributed by atoms with Crippen LogP contribution in [0.2, 0.25) is 0 Å². The molecule has 0 spiro atoms. The summed E-state index contributed by atoms with van der Waals surface area (Å²) < 4.78 is 6.00. The van der Waals surface area contributed by atoms with Gasteiger partial charge in [0.1, 0.15) is 5.76 Å². The average Bonchev–Trinajstić information content (AvgIpc) is 3.25. The van der Waals surface area contributed by atoms with Crippen molar-refractivity contribution in [2.75, 3.05) is 6.54 Å². The molecule has 0 aliphatic heterocycles.